The highest BCUT2D eigenvalue weighted by molar-refractivity contribution is 7.47. The van der Waals surface area contributed by atoms with E-state index in [1.165, 1.54) is 21.5 Å². The van der Waals surface area contributed by atoms with Gasteiger partial charge in [0.25, 0.3) is 0 Å². The second kappa shape index (κ2) is 7.34. The van der Waals surface area contributed by atoms with Gasteiger partial charge in [-0.15, -0.1) is 0 Å². The molecule has 0 saturated carbocycles. The van der Waals surface area contributed by atoms with Gasteiger partial charge in [0.2, 0.25) is 8.01 Å². The van der Waals surface area contributed by atoms with Crippen molar-refractivity contribution in [3.63, 3.8) is 0 Å². The van der Waals surface area contributed by atoms with Crippen LogP contribution in [0.3, 0.4) is 0 Å². The van der Waals surface area contributed by atoms with Crippen molar-refractivity contribution in [3.8, 4) is 0 Å². The third-order valence-electron chi connectivity index (χ3n) is 4.56. The molecule has 0 aliphatic rings. The molecule has 0 aliphatic heterocycles. The van der Waals surface area contributed by atoms with E-state index in [-0.39, 0.29) is 0 Å². The van der Waals surface area contributed by atoms with E-state index in [1.807, 2.05) is 26.0 Å². The van der Waals surface area contributed by atoms with Gasteiger partial charge >= 0.3 is 0 Å². The Balaban J connectivity index is 0.000000872. The Kier molecular flexibility index (Phi) is 4.75. The molecule has 0 saturated heterocycles. The van der Waals surface area contributed by atoms with E-state index in [4.69, 9.17) is 8.39 Å². The fourth-order valence-electron chi connectivity index (χ4n) is 3.46. The maximum atomic E-state index is 6.17. The van der Waals surface area contributed by atoms with Crippen molar-refractivity contribution in [2.75, 3.05) is 0 Å². The summed E-state index contributed by atoms with van der Waals surface area (Å²) in [5.74, 6) is 1.75. The maximum Gasteiger partial charge on any atom is 0.244 e. The molecule has 0 fully saturated rings. The predicted molar refractivity (Wildman–Crippen MR) is 119 cm³/mol. The molecule has 4 aromatic carbocycles. The van der Waals surface area contributed by atoms with Gasteiger partial charge in [-0.05, 0) is 33.7 Å². The van der Waals surface area contributed by atoms with Gasteiger partial charge in [-0.2, -0.15) is 0 Å². The summed E-state index contributed by atoms with van der Waals surface area (Å²) in [6, 6.07) is 25.1. The van der Waals surface area contributed by atoms with Gasteiger partial charge in [-0.3, -0.25) is 0 Å². The standard InChI is InChI=1S/C22H15O2P.C2H6/c1-2-25-23-19-13-11-15-7-3-5-9-17(15)21(19)22-18-10-6-4-8-16(18)12-14-20(22)24-25;1-2/h2-14H,1H2;1-2H3. The van der Waals surface area contributed by atoms with Crippen molar-refractivity contribution in [3.05, 3.63) is 79.4 Å². The molecule has 27 heavy (non-hydrogen) atoms. The summed E-state index contributed by atoms with van der Waals surface area (Å²) < 4.78 is 12.3. The molecule has 0 amide bonds. The van der Waals surface area contributed by atoms with E-state index in [0.29, 0.717) is 0 Å². The van der Waals surface area contributed by atoms with Crippen LogP contribution < -0.4 is 0 Å². The third kappa shape index (κ3) is 2.93. The van der Waals surface area contributed by atoms with Gasteiger partial charge < -0.3 is 8.39 Å². The predicted octanol–water partition coefficient (Wildman–Crippen LogP) is 8.72. The Morgan fingerprint density at radius 1 is 0.667 bits per heavy atom. The average Bonchev–Trinajstić information content (AvgIpc) is 2.92. The smallest absolute Gasteiger partial charge is 0.244 e. The quantitative estimate of drug-likeness (QED) is 0.294. The summed E-state index contributed by atoms with van der Waals surface area (Å²) in [6.45, 7) is 7.88. The Morgan fingerprint density at radius 2 is 1.11 bits per heavy atom. The summed E-state index contributed by atoms with van der Waals surface area (Å²) in [5.41, 5.74) is 1.69. The summed E-state index contributed by atoms with van der Waals surface area (Å²) >= 11 is 0. The van der Waals surface area contributed by atoms with Crippen molar-refractivity contribution in [2.45, 2.75) is 13.8 Å². The van der Waals surface area contributed by atoms with Crippen molar-refractivity contribution in [1.29, 1.82) is 0 Å². The van der Waals surface area contributed by atoms with Crippen LogP contribution in [0.1, 0.15) is 13.8 Å². The lowest BCUT2D eigenvalue weighted by Crippen LogP contribution is -1.79. The number of benzene rings is 4. The molecule has 3 heteroatoms. The van der Waals surface area contributed by atoms with Crippen LogP contribution in [0.4, 0.5) is 0 Å². The molecule has 1 heterocycles. The SMILES string of the molecule is C=Cp1oc2ccc3ccccc3c2c2c(ccc3ccccc32)o1.CC. The van der Waals surface area contributed by atoms with Crippen LogP contribution in [0.15, 0.2) is 87.8 Å². The van der Waals surface area contributed by atoms with E-state index in [9.17, 15) is 0 Å². The Morgan fingerprint density at radius 3 is 1.56 bits per heavy atom. The van der Waals surface area contributed by atoms with Crippen LogP contribution >= 0.6 is 8.01 Å². The van der Waals surface area contributed by atoms with Gasteiger partial charge in [-0.1, -0.05) is 81.1 Å². The zero-order chi connectivity index (χ0) is 18.8. The monoisotopic (exact) mass is 372 g/mol. The van der Waals surface area contributed by atoms with E-state index < -0.39 is 8.01 Å². The summed E-state index contributed by atoms with van der Waals surface area (Å²) in [6.07, 6.45) is 0. The molecule has 0 spiro atoms. The van der Waals surface area contributed by atoms with Gasteiger partial charge in [0, 0.05) is 16.6 Å². The Labute approximate surface area is 159 Å². The van der Waals surface area contributed by atoms with Crippen LogP contribution in [0.2, 0.25) is 0 Å². The fraction of sp³-hybridized carbons (Fsp3) is 0.0833. The van der Waals surface area contributed by atoms with Crippen LogP contribution in [-0.4, -0.2) is 0 Å². The molecule has 2 nitrogen and oxygen atoms in total. The molecule has 134 valence electrons. The van der Waals surface area contributed by atoms with E-state index in [0.717, 1.165) is 21.9 Å². The molecule has 0 atom stereocenters. The highest BCUT2D eigenvalue weighted by Gasteiger charge is 2.11. The van der Waals surface area contributed by atoms with Gasteiger partial charge in [-0.25, -0.2) is 0 Å². The van der Waals surface area contributed by atoms with Crippen molar-refractivity contribution in [1.82, 2.24) is 0 Å². The molecule has 5 rings (SSSR count). The second-order valence-corrected chi connectivity index (χ2v) is 7.27. The lowest BCUT2D eigenvalue weighted by atomic mass is 9.99. The first-order valence-electron chi connectivity index (χ1n) is 9.17. The minimum atomic E-state index is -1.22. The normalized spacial score (nSPS) is 10.7. The first-order chi connectivity index (χ1) is 13.3. The van der Waals surface area contributed by atoms with Crippen LogP contribution in [0, 0.1) is 0 Å². The minimum Gasteiger partial charge on any atom is -0.416 e. The summed E-state index contributed by atoms with van der Waals surface area (Å²) in [4.78, 5) is 0. The first kappa shape index (κ1) is 17.5. The Hall–Kier alpha value is -2.96. The van der Waals surface area contributed by atoms with E-state index >= 15 is 0 Å². The van der Waals surface area contributed by atoms with Gasteiger partial charge in [0.05, 0.1) is 0 Å². The van der Waals surface area contributed by atoms with Crippen LogP contribution in [-0.2, 0) is 0 Å². The van der Waals surface area contributed by atoms with Crippen molar-refractivity contribution < 1.29 is 8.39 Å². The molecule has 0 bridgehead atoms. The van der Waals surface area contributed by atoms with Gasteiger partial charge in [0.15, 0.2) is 0 Å². The second-order valence-electron chi connectivity index (χ2n) is 5.97. The largest absolute Gasteiger partial charge is 0.416 e. The fourth-order valence-corrected chi connectivity index (χ4v) is 4.34. The molecule has 0 unspecified atom stereocenters. The number of hydrogen-bond donors (Lipinski definition) is 0. The molecule has 0 radical (unpaired) electrons. The maximum absolute atomic E-state index is 6.17. The third-order valence-corrected chi connectivity index (χ3v) is 5.61. The molecule has 1 aromatic heterocycles. The minimum absolute atomic E-state index is 0.847. The summed E-state index contributed by atoms with van der Waals surface area (Å²) in [7, 11) is -1.22. The highest BCUT2D eigenvalue weighted by Crippen LogP contribution is 2.41. The molecule has 5 aromatic rings. The lowest BCUT2D eigenvalue weighted by Gasteiger charge is -2.05. The number of fused-ring (bicyclic) bond motifs is 7. The Bertz CT molecular complexity index is 1220. The number of hydrogen-bond acceptors (Lipinski definition) is 2. The van der Waals surface area contributed by atoms with E-state index in [2.05, 4.69) is 67.2 Å². The van der Waals surface area contributed by atoms with Crippen molar-refractivity contribution >= 4 is 57.3 Å². The van der Waals surface area contributed by atoms with Gasteiger partial charge in [0.1, 0.15) is 11.2 Å². The molecule has 0 N–H and O–H groups in total. The first-order valence-corrected chi connectivity index (χ1v) is 10.4. The van der Waals surface area contributed by atoms with Crippen LogP contribution in [0.5, 0.6) is 0 Å². The van der Waals surface area contributed by atoms with Crippen LogP contribution in [0.25, 0.3) is 49.3 Å². The van der Waals surface area contributed by atoms with Crippen molar-refractivity contribution in [2.24, 2.45) is 0 Å². The summed E-state index contributed by atoms with van der Waals surface area (Å²) in [5, 5.41) is 6.90. The topological polar surface area (TPSA) is 26.3 Å². The lowest BCUT2D eigenvalue weighted by molar-refractivity contribution is 0.654. The molecular formula is C24H21O2P. The molecular weight excluding hydrogens is 351 g/mol. The highest BCUT2D eigenvalue weighted by atomic mass is 31.1. The van der Waals surface area contributed by atoms with E-state index in [1.54, 1.807) is 5.82 Å². The molecule has 0 aliphatic carbocycles. The zero-order valence-electron chi connectivity index (χ0n) is 15.5. The average molecular weight is 372 g/mol. The number of rotatable bonds is 1. The zero-order valence-corrected chi connectivity index (χ0v) is 16.4.